The van der Waals surface area contributed by atoms with Crippen LogP contribution in [0.5, 0.6) is 0 Å². The van der Waals surface area contributed by atoms with Gasteiger partial charge in [0.05, 0.1) is 13.1 Å². The Balaban J connectivity index is 1.64. The van der Waals surface area contributed by atoms with Crippen molar-refractivity contribution in [2.75, 3.05) is 25.0 Å². The molecule has 2 aromatic rings. The van der Waals surface area contributed by atoms with Crippen molar-refractivity contribution in [2.24, 2.45) is 0 Å². The molecule has 22 heavy (non-hydrogen) atoms. The average molecular weight is 306 g/mol. The summed E-state index contributed by atoms with van der Waals surface area (Å²) in [6, 6.07) is 3.74. The fourth-order valence-corrected chi connectivity index (χ4v) is 2.83. The molecule has 1 saturated heterocycles. The number of likely N-dealkylation sites (N-methyl/N-ethyl adjacent to an activating group) is 1. The van der Waals surface area contributed by atoms with Gasteiger partial charge < -0.3 is 9.42 Å². The summed E-state index contributed by atoms with van der Waals surface area (Å²) in [5, 5.41) is 11.9. The van der Waals surface area contributed by atoms with Crippen LogP contribution in [0.15, 0.2) is 22.9 Å². The Bertz CT molecular complexity index is 606. The molecule has 0 bridgehead atoms. The standard InChI is InChI=1S/C14H19FN6O/c1-10-17-13(19-22-10)9-20(2)8-12-6-11(15)7-21(12)14-4-3-5-16-18-14/h3-5,11-12H,6-9H2,1-2H3/t11-,12-/m0/s1. The second kappa shape index (κ2) is 6.35. The fraction of sp³-hybridized carbons (Fsp3) is 0.571. The van der Waals surface area contributed by atoms with Crippen molar-refractivity contribution >= 4 is 5.82 Å². The minimum Gasteiger partial charge on any atom is -0.348 e. The normalized spacial score (nSPS) is 21.7. The van der Waals surface area contributed by atoms with Crippen molar-refractivity contribution in [1.29, 1.82) is 0 Å². The van der Waals surface area contributed by atoms with Gasteiger partial charge in [-0.15, -0.1) is 5.10 Å². The van der Waals surface area contributed by atoms with Crippen molar-refractivity contribution in [3.63, 3.8) is 0 Å². The molecular formula is C14H19FN6O. The first-order valence-corrected chi connectivity index (χ1v) is 7.28. The van der Waals surface area contributed by atoms with Crippen LogP contribution in [-0.2, 0) is 6.54 Å². The molecule has 1 fully saturated rings. The third kappa shape index (κ3) is 3.38. The molecule has 2 aromatic heterocycles. The lowest BCUT2D eigenvalue weighted by Gasteiger charge is -2.28. The van der Waals surface area contributed by atoms with Gasteiger partial charge in [0, 0.05) is 32.1 Å². The van der Waals surface area contributed by atoms with Gasteiger partial charge in [0.2, 0.25) is 5.89 Å². The lowest BCUT2D eigenvalue weighted by molar-refractivity contribution is 0.278. The number of halogens is 1. The van der Waals surface area contributed by atoms with Crippen LogP contribution in [0.3, 0.4) is 0 Å². The van der Waals surface area contributed by atoms with E-state index in [0.717, 1.165) is 5.82 Å². The van der Waals surface area contributed by atoms with E-state index in [1.807, 2.05) is 24.1 Å². The van der Waals surface area contributed by atoms with Crippen LogP contribution in [-0.4, -0.2) is 57.6 Å². The van der Waals surface area contributed by atoms with Crippen molar-refractivity contribution in [2.45, 2.75) is 32.1 Å². The van der Waals surface area contributed by atoms with Crippen molar-refractivity contribution < 1.29 is 8.91 Å². The third-order valence-corrected chi connectivity index (χ3v) is 3.72. The predicted molar refractivity (Wildman–Crippen MR) is 78.0 cm³/mol. The number of rotatable bonds is 5. The van der Waals surface area contributed by atoms with E-state index in [4.69, 9.17) is 4.52 Å². The Labute approximate surface area is 128 Å². The predicted octanol–water partition coefficient (Wildman–Crippen LogP) is 1.22. The summed E-state index contributed by atoms with van der Waals surface area (Å²) in [6.45, 7) is 3.39. The highest BCUT2D eigenvalue weighted by molar-refractivity contribution is 5.40. The van der Waals surface area contributed by atoms with Crippen LogP contribution < -0.4 is 4.90 Å². The van der Waals surface area contributed by atoms with Gasteiger partial charge in [-0.25, -0.2) is 4.39 Å². The summed E-state index contributed by atoms with van der Waals surface area (Å²) in [5.74, 6) is 1.91. The van der Waals surface area contributed by atoms with Crippen LogP contribution in [0.25, 0.3) is 0 Å². The quantitative estimate of drug-likeness (QED) is 0.822. The number of anilines is 1. The lowest BCUT2D eigenvalue weighted by Crippen LogP contribution is -2.39. The third-order valence-electron chi connectivity index (χ3n) is 3.72. The molecule has 0 unspecified atom stereocenters. The monoisotopic (exact) mass is 306 g/mol. The minimum absolute atomic E-state index is 0.0599. The van der Waals surface area contributed by atoms with Gasteiger partial charge in [-0.1, -0.05) is 5.16 Å². The summed E-state index contributed by atoms with van der Waals surface area (Å²) in [5.41, 5.74) is 0. The van der Waals surface area contributed by atoms with Gasteiger partial charge in [0.1, 0.15) is 6.17 Å². The molecule has 1 aliphatic rings. The van der Waals surface area contributed by atoms with Crippen molar-refractivity contribution in [3.05, 3.63) is 30.0 Å². The Morgan fingerprint density at radius 1 is 1.50 bits per heavy atom. The van der Waals surface area contributed by atoms with Gasteiger partial charge in [0.25, 0.3) is 0 Å². The van der Waals surface area contributed by atoms with Crippen LogP contribution in [0, 0.1) is 6.92 Å². The van der Waals surface area contributed by atoms with E-state index in [-0.39, 0.29) is 6.04 Å². The number of aromatic nitrogens is 4. The topological polar surface area (TPSA) is 71.2 Å². The van der Waals surface area contributed by atoms with Gasteiger partial charge in [-0.2, -0.15) is 10.1 Å². The van der Waals surface area contributed by atoms with E-state index >= 15 is 0 Å². The summed E-state index contributed by atoms with van der Waals surface area (Å²) in [7, 11) is 1.96. The molecule has 0 saturated carbocycles. The molecule has 118 valence electrons. The van der Waals surface area contributed by atoms with Crippen LogP contribution in [0.4, 0.5) is 10.2 Å². The molecule has 0 aromatic carbocycles. The van der Waals surface area contributed by atoms with Crippen LogP contribution in [0.2, 0.25) is 0 Å². The average Bonchev–Trinajstić information content (AvgIpc) is 3.06. The zero-order chi connectivity index (χ0) is 15.5. The second-order valence-electron chi connectivity index (χ2n) is 5.65. The molecule has 0 aliphatic carbocycles. The molecule has 0 amide bonds. The highest BCUT2D eigenvalue weighted by Gasteiger charge is 2.33. The van der Waals surface area contributed by atoms with Gasteiger partial charge >= 0.3 is 0 Å². The van der Waals surface area contributed by atoms with E-state index < -0.39 is 6.17 Å². The molecule has 0 radical (unpaired) electrons. The number of aryl methyl sites for hydroxylation is 1. The molecular weight excluding hydrogens is 287 g/mol. The molecule has 7 nitrogen and oxygen atoms in total. The second-order valence-corrected chi connectivity index (χ2v) is 5.65. The number of alkyl halides is 1. The summed E-state index contributed by atoms with van der Waals surface area (Å²) >= 11 is 0. The number of hydrogen-bond donors (Lipinski definition) is 0. The van der Waals surface area contributed by atoms with E-state index in [2.05, 4.69) is 25.2 Å². The number of hydrogen-bond acceptors (Lipinski definition) is 7. The molecule has 0 spiro atoms. The fourth-order valence-electron chi connectivity index (χ4n) is 2.83. The molecule has 2 atom stereocenters. The highest BCUT2D eigenvalue weighted by atomic mass is 19.1. The van der Waals surface area contributed by atoms with Crippen LogP contribution >= 0.6 is 0 Å². The maximum atomic E-state index is 13.8. The van der Waals surface area contributed by atoms with Crippen molar-refractivity contribution in [1.82, 2.24) is 25.2 Å². The Morgan fingerprint density at radius 2 is 2.36 bits per heavy atom. The smallest absolute Gasteiger partial charge is 0.223 e. The maximum absolute atomic E-state index is 13.8. The minimum atomic E-state index is -0.840. The van der Waals surface area contributed by atoms with Crippen LogP contribution in [0.1, 0.15) is 18.1 Å². The zero-order valence-electron chi connectivity index (χ0n) is 12.7. The first-order chi connectivity index (χ1) is 10.6. The molecule has 8 heteroatoms. The molecule has 3 heterocycles. The molecule has 3 rings (SSSR count). The van der Waals surface area contributed by atoms with Gasteiger partial charge in [-0.3, -0.25) is 4.90 Å². The summed E-state index contributed by atoms with van der Waals surface area (Å²) in [6.07, 6.45) is 1.27. The zero-order valence-corrected chi connectivity index (χ0v) is 12.7. The summed E-state index contributed by atoms with van der Waals surface area (Å²) < 4.78 is 18.8. The first-order valence-electron chi connectivity index (χ1n) is 7.28. The first kappa shape index (κ1) is 14.8. The van der Waals surface area contributed by atoms with Gasteiger partial charge in [0.15, 0.2) is 11.6 Å². The SMILES string of the molecule is Cc1nc(CN(C)C[C@@H]2C[C@H](F)CN2c2cccnn2)no1. The maximum Gasteiger partial charge on any atom is 0.223 e. The molecule has 1 aliphatic heterocycles. The Hall–Kier alpha value is -2.09. The Morgan fingerprint density at radius 3 is 3.05 bits per heavy atom. The molecule has 0 N–H and O–H groups in total. The summed E-state index contributed by atoms with van der Waals surface area (Å²) in [4.78, 5) is 8.24. The van der Waals surface area contributed by atoms with Gasteiger partial charge in [-0.05, 0) is 19.2 Å². The highest BCUT2D eigenvalue weighted by Crippen LogP contribution is 2.25. The van der Waals surface area contributed by atoms with E-state index in [1.54, 1.807) is 13.1 Å². The number of nitrogens with zero attached hydrogens (tertiary/aromatic N) is 6. The Kier molecular flexibility index (Phi) is 4.28. The van der Waals surface area contributed by atoms with E-state index in [1.165, 1.54) is 0 Å². The van der Waals surface area contributed by atoms with E-state index in [9.17, 15) is 4.39 Å². The van der Waals surface area contributed by atoms with E-state index in [0.29, 0.717) is 37.8 Å². The van der Waals surface area contributed by atoms with Crippen molar-refractivity contribution in [3.8, 4) is 0 Å². The lowest BCUT2D eigenvalue weighted by atomic mass is 10.2. The largest absolute Gasteiger partial charge is 0.348 e.